The van der Waals surface area contributed by atoms with Crippen molar-refractivity contribution in [3.63, 3.8) is 0 Å². The van der Waals surface area contributed by atoms with E-state index in [1.807, 2.05) is 10.8 Å². The fraction of sp³-hybridized carbons (Fsp3) is 0.250. The van der Waals surface area contributed by atoms with Crippen LogP contribution in [0.5, 0.6) is 0 Å². The number of rotatable bonds is 6. The Morgan fingerprint density at radius 3 is 2.75 bits per heavy atom. The van der Waals surface area contributed by atoms with Crippen LogP contribution in [0.2, 0.25) is 0 Å². The number of carbonyl (C=O) groups is 3. The highest BCUT2D eigenvalue weighted by Crippen LogP contribution is 2.25. The van der Waals surface area contributed by atoms with Crippen LogP contribution < -0.4 is 5.32 Å². The van der Waals surface area contributed by atoms with Gasteiger partial charge in [-0.05, 0) is 24.6 Å². The average Bonchev–Trinajstić information content (AvgIpc) is 3.15. The molecule has 0 unspecified atom stereocenters. The summed E-state index contributed by atoms with van der Waals surface area (Å²) in [4.78, 5) is 41.4. The van der Waals surface area contributed by atoms with Gasteiger partial charge in [-0.15, -0.1) is 0 Å². The SMILES string of the molecule is O=C(CN1C(=O)c2ccc(Br)cc2C1=O)NCCCn1ccnc1. The predicted molar refractivity (Wildman–Crippen MR) is 89.4 cm³/mol. The van der Waals surface area contributed by atoms with E-state index in [4.69, 9.17) is 0 Å². The minimum absolute atomic E-state index is 0.269. The van der Waals surface area contributed by atoms with E-state index >= 15 is 0 Å². The molecule has 2 aromatic rings. The molecule has 0 atom stereocenters. The minimum atomic E-state index is -0.440. The summed E-state index contributed by atoms with van der Waals surface area (Å²) < 4.78 is 2.63. The second-order valence-electron chi connectivity index (χ2n) is 5.39. The number of imidazole rings is 1. The van der Waals surface area contributed by atoms with Crippen molar-refractivity contribution in [1.82, 2.24) is 19.8 Å². The summed E-state index contributed by atoms with van der Waals surface area (Å²) >= 11 is 3.27. The normalized spacial score (nSPS) is 13.3. The molecule has 0 aliphatic carbocycles. The van der Waals surface area contributed by atoms with Crippen LogP contribution in [0.1, 0.15) is 27.1 Å². The number of hydrogen-bond donors (Lipinski definition) is 1. The van der Waals surface area contributed by atoms with Gasteiger partial charge in [0.25, 0.3) is 11.8 Å². The second kappa shape index (κ2) is 6.96. The quantitative estimate of drug-likeness (QED) is 0.597. The number of fused-ring (bicyclic) bond motifs is 1. The van der Waals surface area contributed by atoms with Gasteiger partial charge in [0.15, 0.2) is 0 Å². The molecular formula is C16H15BrN4O3. The van der Waals surface area contributed by atoms with Gasteiger partial charge in [0.1, 0.15) is 6.54 Å². The zero-order valence-electron chi connectivity index (χ0n) is 12.7. The molecule has 1 aromatic heterocycles. The van der Waals surface area contributed by atoms with E-state index in [-0.39, 0.29) is 12.5 Å². The summed E-state index contributed by atoms with van der Waals surface area (Å²) in [5.41, 5.74) is 0.651. The molecule has 3 amide bonds. The summed E-state index contributed by atoms with van der Waals surface area (Å²) in [7, 11) is 0. The van der Waals surface area contributed by atoms with Gasteiger partial charge < -0.3 is 9.88 Å². The van der Waals surface area contributed by atoms with Crippen molar-refractivity contribution >= 4 is 33.7 Å². The third kappa shape index (κ3) is 3.38. The van der Waals surface area contributed by atoms with E-state index in [0.717, 1.165) is 17.9 Å². The van der Waals surface area contributed by atoms with Crippen LogP contribution in [0.25, 0.3) is 0 Å². The molecule has 2 heterocycles. The van der Waals surface area contributed by atoms with E-state index < -0.39 is 11.8 Å². The molecule has 1 N–H and O–H groups in total. The summed E-state index contributed by atoms with van der Waals surface area (Å²) in [6.45, 7) is 0.933. The third-order valence-corrected chi connectivity index (χ3v) is 4.20. The maximum atomic E-state index is 12.3. The molecule has 124 valence electrons. The Morgan fingerprint density at radius 2 is 2.00 bits per heavy atom. The molecule has 0 saturated heterocycles. The Balaban J connectivity index is 1.52. The van der Waals surface area contributed by atoms with Crippen LogP contribution in [0, 0.1) is 0 Å². The number of imide groups is 1. The Kier molecular flexibility index (Phi) is 4.75. The maximum absolute atomic E-state index is 12.3. The van der Waals surface area contributed by atoms with Crippen molar-refractivity contribution in [1.29, 1.82) is 0 Å². The Labute approximate surface area is 146 Å². The number of aryl methyl sites for hydroxylation is 1. The largest absolute Gasteiger partial charge is 0.354 e. The summed E-state index contributed by atoms with van der Waals surface area (Å²) in [6, 6.07) is 4.88. The van der Waals surface area contributed by atoms with Crippen molar-refractivity contribution in [2.75, 3.05) is 13.1 Å². The monoisotopic (exact) mass is 390 g/mol. The lowest BCUT2D eigenvalue weighted by Crippen LogP contribution is -2.40. The molecule has 0 bridgehead atoms. The van der Waals surface area contributed by atoms with E-state index in [1.165, 1.54) is 0 Å². The molecular weight excluding hydrogens is 376 g/mol. The zero-order chi connectivity index (χ0) is 17.1. The first-order valence-electron chi connectivity index (χ1n) is 7.44. The molecule has 0 spiro atoms. The number of amides is 3. The lowest BCUT2D eigenvalue weighted by Gasteiger charge is -2.13. The summed E-state index contributed by atoms with van der Waals surface area (Å²) in [6.07, 6.45) is 5.98. The Hall–Kier alpha value is -2.48. The zero-order valence-corrected chi connectivity index (χ0v) is 14.3. The predicted octanol–water partition coefficient (Wildman–Crippen LogP) is 1.45. The first-order chi connectivity index (χ1) is 11.6. The molecule has 24 heavy (non-hydrogen) atoms. The molecule has 1 aliphatic rings. The van der Waals surface area contributed by atoms with Crippen molar-refractivity contribution in [3.8, 4) is 0 Å². The maximum Gasteiger partial charge on any atom is 0.262 e. The van der Waals surface area contributed by atoms with Crippen LogP contribution >= 0.6 is 15.9 Å². The van der Waals surface area contributed by atoms with Gasteiger partial charge in [0.2, 0.25) is 5.91 Å². The van der Waals surface area contributed by atoms with Crippen LogP contribution in [-0.4, -0.2) is 45.3 Å². The highest BCUT2D eigenvalue weighted by Gasteiger charge is 2.36. The van der Waals surface area contributed by atoms with E-state index in [1.54, 1.807) is 30.7 Å². The molecule has 1 aromatic carbocycles. The number of aromatic nitrogens is 2. The van der Waals surface area contributed by atoms with E-state index in [0.29, 0.717) is 22.1 Å². The van der Waals surface area contributed by atoms with E-state index in [2.05, 4.69) is 26.2 Å². The van der Waals surface area contributed by atoms with Gasteiger partial charge >= 0.3 is 0 Å². The average molecular weight is 391 g/mol. The standard InChI is InChI=1S/C16H15BrN4O3/c17-11-2-3-12-13(8-11)16(24)21(15(12)23)9-14(22)19-4-1-6-20-7-5-18-10-20/h2-3,5,7-8,10H,1,4,6,9H2,(H,19,22). The fourth-order valence-corrected chi connectivity index (χ4v) is 2.88. The number of nitrogens with one attached hydrogen (secondary N) is 1. The molecule has 3 rings (SSSR count). The highest BCUT2D eigenvalue weighted by atomic mass is 79.9. The molecule has 8 heteroatoms. The number of benzene rings is 1. The Bertz CT molecular complexity index is 789. The molecule has 1 aliphatic heterocycles. The number of carbonyl (C=O) groups excluding carboxylic acids is 3. The van der Waals surface area contributed by atoms with Gasteiger partial charge in [0.05, 0.1) is 17.5 Å². The van der Waals surface area contributed by atoms with Crippen molar-refractivity contribution < 1.29 is 14.4 Å². The topological polar surface area (TPSA) is 84.3 Å². The molecule has 0 saturated carbocycles. The summed E-state index contributed by atoms with van der Waals surface area (Å²) in [5.74, 6) is -1.23. The third-order valence-electron chi connectivity index (χ3n) is 3.71. The van der Waals surface area contributed by atoms with Crippen molar-refractivity contribution in [2.24, 2.45) is 0 Å². The summed E-state index contributed by atoms with van der Waals surface area (Å²) in [5, 5.41) is 2.72. The second-order valence-corrected chi connectivity index (χ2v) is 6.31. The van der Waals surface area contributed by atoms with Gasteiger partial charge in [-0.2, -0.15) is 0 Å². The molecule has 0 radical (unpaired) electrons. The Morgan fingerprint density at radius 1 is 1.21 bits per heavy atom. The van der Waals surface area contributed by atoms with Crippen LogP contribution in [0.3, 0.4) is 0 Å². The highest BCUT2D eigenvalue weighted by molar-refractivity contribution is 9.10. The van der Waals surface area contributed by atoms with Crippen LogP contribution in [0.4, 0.5) is 0 Å². The lowest BCUT2D eigenvalue weighted by atomic mass is 10.1. The van der Waals surface area contributed by atoms with Gasteiger partial charge in [0, 0.05) is 30.0 Å². The first kappa shape index (κ1) is 16.4. The van der Waals surface area contributed by atoms with Crippen molar-refractivity contribution in [2.45, 2.75) is 13.0 Å². The molecule has 0 fully saturated rings. The number of halogens is 1. The fourth-order valence-electron chi connectivity index (χ4n) is 2.51. The van der Waals surface area contributed by atoms with Gasteiger partial charge in [-0.3, -0.25) is 19.3 Å². The van der Waals surface area contributed by atoms with Gasteiger partial charge in [-0.25, -0.2) is 4.98 Å². The lowest BCUT2D eigenvalue weighted by molar-refractivity contribution is -0.121. The van der Waals surface area contributed by atoms with Crippen LogP contribution in [-0.2, 0) is 11.3 Å². The smallest absolute Gasteiger partial charge is 0.262 e. The minimum Gasteiger partial charge on any atom is -0.354 e. The van der Waals surface area contributed by atoms with E-state index in [9.17, 15) is 14.4 Å². The number of nitrogens with zero attached hydrogens (tertiary/aromatic N) is 3. The number of hydrogen-bond acceptors (Lipinski definition) is 4. The van der Waals surface area contributed by atoms with Crippen molar-refractivity contribution in [3.05, 3.63) is 52.5 Å². The molecule has 7 nitrogen and oxygen atoms in total. The van der Waals surface area contributed by atoms with Gasteiger partial charge in [-0.1, -0.05) is 15.9 Å². The first-order valence-corrected chi connectivity index (χ1v) is 8.24. The van der Waals surface area contributed by atoms with Crippen LogP contribution in [0.15, 0.2) is 41.4 Å².